The number of carbonyl (C=O) groups is 2. The number of ether oxygens (including phenoxy) is 2. The Hall–Kier alpha value is -2.86. The molecule has 1 amide bonds. The molecule has 0 spiro atoms. The minimum atomic E-state index is -0.400. The molecule has 0 saturated carbocycles. The lowest BCUT2D eigenvalue weighted by molar-refractivity contribution is 0.0526. The van der Waals surface area contributed by atoms with Crippen molar-refractivity contribution in [2.75, 3.05) is 43.1 Å². The zero-order valence-corrected chi connectivity index (χ0v) is 15.7. The molecule has 1 aliphatic rings. The Morgan fingerprint density at radius 2 is 1.74 bits per heavy atom. The lowest BCUT2D eigenvalue weighted by Crippen LogP contribution is -2.36. The summed E-state index contributed by atoms with van der Waals surface area (Å²) in [5, 5.41) is 2.88. The Morgan fingerprint density at radius 3 is 2.41 bits per heavy atom. The number of amides is 1. The van der Waals surface area contributed by atoms with Crippen LogP contribution in [0.2, 0.25) is 0 Å². The van der Waals surface area contributed by atoms with Crippen LogP contribution in [0.1, 0.15) is 33.2 Å². The van der Waals surface area contributed by atoms with Crippen LogP contribution in [-0.4, -0.2) is 44.8 Å². The number of aryl methyl sites for hydroxylation is 1. The third-order valence-corrected chi connectivity index (χ3v) is 4.50. The Balaban J connectivity index is 1.71. The van der Waals surface area contributed by atoms with E-state index in [9.17, 15) is 9.59 Å². The highest BCUT2D eigenvalue weighted by atomic mass is 16.5. The van der Waals surface area contributed by atoms with Crippen molar-refractivity contribution in [2.24, 2.45) is 0 Å². The molecule has 27 heavy (non-hydrogen) atoms. The number of benzene rings is 2. The highest BCUT2D eigenvalue weighted by Gasteiger charge is 2.14. The van der Waals surface area contributed by atoms with Crippen molar-refractivity contribution < 1.29 is 19.1 Å². The summed E-state index contributed by atoms with van der Waals surface area (Å²) in [6, 6.07) is 12.6. The standard InChI is InChI=1S/C21H24N2O4/c1-3-27-21(25)17-5-4-15(2)19(14-17)22-20(24)16-6-8-18(9-7-16)23-10-12-26-13-11-23/h4-9,14H,3,10-13H2,1-2H3,(H,22,24). The van der Waals surface area contributed by atoms with E-state index in [0.717, 1.165) is 37.6 Å². The lowest BCUT2D eigenvalue weighted by Gasteiger charge is -2.28. The fourth-order valence-corrected chi connectivity index (χ4v) is 2.94. The minimum Gasteiger partial charge on any atom is -0.462 e. The predicted octanol–water partition coefficient (Wildman–Crippen LogP) is 3.26. The topological polar surface area (TPSA) is 67.9 Å². The van der Waals surface area contributed by atoms with Crippen LogP contribution in [0.3, 0.4) is 0 Å². The van der Waals surface area contributed by atoms with Gasteiger partial charge >= 0.3 is 5.97 Å². The Labute approximate surface area is 159 Å². The Kier molecular flexibility index (Phi) is 6.08. The molecule has 0 atom stereocenters. The van der Waals surface area contributed by atoms with Gasteiger partial charge < -0.3 is 19.7 Å². The molecule has 1 fully saturated rings. The number of morpholine rings is 1. The van der Waals surface area contributed by atoms with Gasteiger partial charge in [0.1, 0.15) is 0 Å². The van der Waals surface area contributed by atoms with Gasteiger partial charge in [0.05, 0.1) is 25.4 Å². The molecule has 0 aliphatic carbocycles. The van der Waals surface area contributed by atoms with Crippen LogP contribution in [0.15, 0.2) is 42.5 Å². The fraction of sp³-hybridized carbons (Fsp3) is 0.333. The smallest absolute Gasteiger partial charge is 0.338 e. The summed E-state index contributed by atoms with van der Waals surface area (Å²) in [4.78, 5) is 26.7. The van der Waals surface area contributed by atoms with Crippen molar-refractivity contribution in [3.63, 3.8) is 0 Å². The molecule has 1 heterocycles. The first-order valence-corrected chi connectivity index (χ1v) is 9.10. The molecular weight excluding hydrogens is 344 g/mol. The van der Waals surface area contributed by atoms with Crippen molar-refractivity contribution >= 4 is 23.3 Å². The third kappa shape index (κ3) is 4.65. The van der Waals surface area contributed by atoms with Gasteiger partial charge in [-0.3, -0.25) is 4.79 Å². The molecule has 6 heteroatoms. The zero-order valence-electron chi connectivity index (χ0n) is 15.7. The first-order chi connectivity index (χ1) is 13.1. The van der Waals surface area contributed by atoms with E-state index in [1.165, 1.54) is 0 Å². The van der Waals surface area contributed by atoms with E-state index in [4.69, 9.17) is 9.47 Å². The summed E-state index contributed by atoms with van der Waals surface area (Å²) in [5.41, 5.74) is 3.54. The number of nitrogens with one attached hydrogen (secondary N) is 1. The van der Waals surface area contributed by atoms with E-state index in [1.54, 1.807) is 25.1 Å². The number of esters is 1. The highest BCUT2D eigenvalue weighted by molar-refractivity contribution is 6.05. The number of anilines is 2. The second-order valence-corrected chi connectivity index (χ2v) is 6.35. The summed E-state index contributed by atoms with van der Waals surface area (Å²) in [6.45, 7) is 7.10. The average molecular weight is 368 g/mol. The molecule has 2 aromatic rings. The van der Waals surface area contributed by atoms with Crippen LogP contribution in [0, 0.1) is 6.92 Å². The maximum Gasteiger partial charge on any atom is 0.338 e. The van der Waals surface area contributed by atoms with Gasteiger partial charge in [-0.15, -0.1) is 0 Å². The molecule has 6 nitrogen and oxygen atoms in total. The molecule has 0 unspecified atom stereocenters. The van der Waals surface area contributed by atoms with Crippen molar-refractivity contribution in [2.45, 2.75) is 13.8 Å². The third-order valence-electron chi connectivity index (χ3n) is 4.50. The number of nitrogens with zero attached hydrogens (tertiary/aromatic N) is 1. The number of hydrogen-bond donors (Lipinski definition) is 1. The van der Waals surface area contributed by atoms with Crippen LogP contribution in [0.25, 0.3) is 0 Å². The van der Waals surface area contributed by atoms with Gasteiger partial charge in [0.2, 0.25) is 0 Å². The molecular formula is C21H24N2O4. The molecule has 0 aromatic heterocycles. The SMILES string of the molecule is CCOC(=O)c1ccc(C)c(NC(=O)c2ccc(N3CCOCC3)cc2)c1. The van der Waals surface area contributed by atoms with E-state index in [-0.39, 0.29) is 5.91 Å². The van der Waals surface area contributed by atoms with E-state index in [2.05, 4.69) is 10.2 Å². The molecule has 2 aromatic carbocycles. The summed E-state index contributed by atoms with van der Waals surface area (Å²) >= 11 is 0. The van der Waals surface area contributed by atoms with Gasteiger partial charge in [0, 0.05) is 30.0 Å². The number of rotatable bonds is 5. The van der Waals surface area contributed by atoms with Gasteiger partial charge in [-0.1, -0.05) is 6.07 Å². The first-order valence-electron chi connectivity index (χ1n) is 9.10. The molecule has 0 radical (unpaired) electrons. The number of hydrogen-bond acceptors (Lipinski definition) is 5. The molecule has 142 valence electrons. The maximum absolute atomic E-state index is 12.6. The molecule has 1 aliphatic heterocycles. The van der Waals surface area contributed by atoms with Crippen LogP contribution >= 0.6 is 0 Å². The summed E-state index contributed by atoms with van der Waals surface area (Å²) in [5.74, 6) is -0.615. The van der Waals surface area contributed by atoms with E-state index in [0.29, 0.717) is 23.4 Å². The van der Waals surface area contributed by atoms with Crippen molar-refractivity contribution in [1.82, 2.24) is 0 Å². The second-order valence-electron chi connectivity index (χ2n) is 6.35. The largest absolute Gasteiger partial charge is 0.462 e. The minimum absolute atomic E-state index is 0.215. The molecule has 3 rings (SSSR count). The monoisotopic (exact) mass is 368 g/mol. The zero-order chi connectivity index (χ0) is 19.2. The van der Waals surface area contributed by atoms with E-state index < -0.39 is 5.97 Å². The summed E-state index contributed by atoms with van der Waals surface area (Å²) < 4.78 is 10.4. The van der Waals surface area contributed by atoms with E-state index >= 15 is 0 Å². The molecule has 1 saturated heterocycles. The van der Waals surface area contributed by atoms with Gasteiger partial charge in [-0.05, 0) is 55.8 Å². The van der Waals surface area contributed by atoms with E-state index in [1.807, 2.05) is 31.2 Å². The Morgan fingerprint density at radius 1 is 1.07 bits per heavy atom. The highest BCUT2D eigenvalue weighted by Crippen LogP contribution is 2.20. The summed E-state index contributed by atoms with van der Waals surface area (Å²) in [7, 11) is 0. The quantitative estimate of drug-likeness (QED) is 0.821. The fourth-order valence-electron chi connectivity index (χ4n) is 2.94. The van der Waals surface area contributed by atoms with Gasteiger partial charge in [-0.25, -0.2) is 4.79 Å². The van der Waals surface area contributed by atoms with Crippen molar-refractivity contribution in [3.8, 4) is 0 Å². The van der Waals surface area contributed by atoms with Crippen LogP contribution in [0.5, 0.6) is 0 Å². The molecule has 0 bridgehead atoms. The Bertz CT molecular complexity index is 811. The van der Waals surface area contributed by atoms with Gasteiger partial charge in [-0.2, -0.15) is 0 Å². The number of carbonyl (C=O) groups excluding carboxylic acids is 2. The second kappa shape index (κ2) is 8.68. The first kappa shape index (κ1) is 18.9. The van der Waals surface area contributed by atoms with Crippen molar-refractivity contribution in [3.05, 3.63) is 59.2 Å². The normalized spacial score (nSPS) is 13.9. The van der Waals surface area contributed by atoms with Crippen LogP contribution in [0.4, 0.5) is 11.4 Å². The predicted molar refractivity (Wildman–Crippen MR) is 105 cm³/mol. The van der Waals surface area contributed by atoms with Gasteiger partial charge in [0.15, 0.2) is 0 Å². The van der Waals surface area contributed by atoms with Crippen LogP contribution in [-0.2, 0) is 9.47 Å². The molecule has 1 N–H and O–H groups in total. The average Bonchev–Trinajstić information content (AvgIpc) is 2.70. The van der Waals surface area contributed by atoms with Crippen LogP contribution < -0.4 is 10.2 Å². The summed E-state index contributed by atoms with van der Waals surface area (Å²) in [6.07, 6.45) is 0. The van der Waals surface area contributed by atoms with Gasteiger partial charge in [0.25, 0.3) is 5.91 Å². The van der Waals surface area contributed by atoms with Crippen molar-refractivity contribution in [1.29, 1.82) is 0 Å². The maximum atomic E-state index is 12.6. The lowest BCUT2D eigenvalue weighted by atomic mass is 10.1.